The number of nitrogens with one attached hydrogen (secondary N) is 1. The molecule has 0 spiro atoms. The number of fused-ring (bicyclic) bond motifs is 1. The van der Waals surface area contributed by atoms with Gasteiger partial charge in [-0.05, 0) is 87.6 Å². The quantitative estimate of drug-likeness (QED) is 0.336. The summed E-state index contributed by atoms with van der Waals surface area (Å²) in [4.78, 5) is 31.8. The Morgan fingerprint density at radius 2 is 1.85 bits per heavy atom. The smallest absolute Gasteiger partial charge is 0.306 e. The number of nitrogens with zero attached hydrogens (tertiary/aromatic N) is 6. The summed E-state index contributed by atoms with van der Waals surface area (Å²) < 4.78 is 30.3. The van der Waals surface area contributed by atoms with E-state index in [4.69, 9.17) is 5.26 Å². The zero-order chi connectivity index (χ0) is 28.2. The number of nitriles is 1. The number of aldehydes is 1. The van der Waals surface area contributed by atoms with Gasteiger partial charge in [0.25, 0.3) is 0 Å². The Labute approximate surface area is 227 Å². The van der Waals surface area contributed by atoms with E-state index in [1.165, 1.54) is 10.6 Å². The summed E-state index contributed by atoms with van der Waals surface area (Å²) in [6, 6.07) is 16.9. The highest BCUT2D eigenvalue weighted by Gasteiger charge is 2.24. The van der Waals surface area contributed by atoms with Gasteiger partial charge in [-0.2, -0.15) is 10.4 Å². The minimum atomic E-state index is -0.949. The highest BCUT2D eigenvalue weighted by atomic mass is 19.2. The van der Waals surface area contributed by atoms with Crippen molar-refractivity contribution in [3.63, 3.8) is 0 Å². The summed E-state index contributed by atoms with van der Waals surface area (Å²) in [6.45, 7) is 1.70. The molecule has 1 aliphatic heterocycles. The Bertz CT molecular complexity index is 1740. The van der Waals surface area contributed by atoms with E-state index in [0.717, 1.165) is 48.9 Å². The van der Waals surface area contributed by atoms with E-state index < -0.39 is 11.6 Å². The van der Waals surface area contributed by atoms with Gasteiger partial charge in [0.05, 0.1) is 28.5 Å². The molecule has 1 saturated heterocycles. The lowest BCUT2D eigenvalue weighted by molar-refractivity contribution is 0.111. The fourth-order valence-corrected chi connectivity index (χ4v) is 4.81. The normalized spacial score (nSPS) is 13.9. The molecule has 1 aliphatic rings. The van der Waals surface area contributed by atoms with Crippen molar-refractivity contribution in [2.45, 2.75) is 18.9 Å². The summed E-state index contributed by atoms with van der Waals surface area (Å²) in [5.74, 6) is -1.87. The molecule has 1 fully saturated rings. The molecule has 9 nitrogen and oxygen atoms in total. The lowest BCUT2D eigenvalue weighted by Crippen LogP contribution is -2.34. The van der Waals surface area contributed by atoms with Crippen LogP contribution in [0.5, 0.6) is 0 Å². The fourth-order valence-electron chi connectivity index (χ4n) is 4.81. The van der Waals surface area contributed by atoms with E-state index in [1.807, 2.05) is 19.2 Å². The molecular formula is C29H25F2N7O2. The summed E-state index contributed by atoms with van der Waals surface area (Å²) in [5.41, 5.74) is 3.37. The fraction of sp³-hybridized carbons (Fsp3) is 0.207. The minimum absolute atomic E-state index is 0.0551. The van der Waals surface area contributed by atoms with Crippen LogP contribution in [0.4, 0.5) is 8.78 Å². The van der Waals surface area contributed by atoms with Gasteiger partial charge in [0.2, 0.25) is 0 Å². The van der Waals surface area contributed by atoms with Gasteiger partial charge in [-0.15, -0.1) is 0 Å². The van der Waals surface area contributed by atoms with Gasteiger partial charge in [0.15, 0.2) is 17.9 Å². The van der Waals surface area contributed by atoms with E-state index in [9.17, 15) is 18.4 Å². The molecule has 1 N–H and O–H groups in total. The predicted octanol–water partition coefficient (Wildman–Crippen LogP) is 4.49. The van der Waals surface area contributed by atoms with Crippen molar-refractivity contribution in [3.05, 3.63) is 100 Å². The van der Waals surface area contributed by atoms with Gasteiger partial charge >= 0.3 is 5.69 Å². The number of imidazole rings is 1. The number of H-pyrrole nitrogens is 1. The number of rotatable bonds is 4. The maximum Gasteiger partial charge on any atom is 0.326 e. The molecule has 0 bridgehead atoms. The Hall–Kier alpha value is -4.95. The maximum absolute atomic E-state index is 13.9. The van der Waals surface area contributed by atoms with Crippen LogP contribution < -0.4 is 5.69 Å². The lowest BCUT2D eigenvalue weighted by atomic mass is 10.1. The molecular weight excluding hydrogens is 516 g/mol. The van der Waals surface area contributed by atoms with Gasteiger partial charge in [0.1, 0.15) is 11.2 Å². The molecule has 0 amide bonds. The molecule has 0 saturated carbocycles. The molecule has 5 aromatic rings. The van der Waals surface area contributed by atoms with Crippen molar-refractivity contribution in [1.82, 2.24) is 29.2 Å². The largest absolute Gasteiger partial charge is 0.326 e. The van der Waals surface area contributed by atoms with Crippen LogP contribution in [0.25, 0.3) is 28.0 Å². The molecule has 3 aromatic heterocycles. The number of hydrogen-bond donors (Lipinski definition) is 1. The van der Waals surface area contributed by atoms with Gasteiger partial charge in [-0.25, -0.2) is 18.3 Å². The van der Waals surface area contributed by atoms with Crippen LogP contribution in [-0.4, -0.2) is 55.6 Å². The van der Waals surface area contributed by atoms with Crippen LogP contribution >= 0.6 is 0 Å². The first-order valence-corrected chi connectivity index (χ1v) is 12.6. The molecule has 202 valence electrons. The molecule has 4 heterocycles. The average molecular weight is 542 g/mol. The van der Waals surface area contributed by atoms with Crippen molar-refractivity contribution < 1.29 is 13.6 Å². The molecule has 11 heteroatoms. The Balaban J connectivity index is 0.000000162. The second-order valence-corrected chi connectivity index (χ2v) is 9.48. The van der Waals surface area contributed by atoms with E-state index in [2.05, 4.69) is 26.0 Å². The van der Waals surface area contributed by atoms with Crippen molar-refractivity contribution in [3.8, 4) is 23.0 Å². The number of likely N-dealkylation sites (tertiary alicyclic amines) is 1. The number of carbonyl (C=O) groups excluding carboxylic acids is 1. The van der Waals surface area contributed by atoms with Crippen molar-refractivity contribution in [2.75, 3.05) is 20.1 Å². The predicted molar refractivity (Wildman–Crippen MR) is 145 cm³/mol. The summed E-state index contributed by atoms with van der Waals surface area (Å²) in [7, 11) is 2.01. The lowest BCUT2D eigenvalue weighted by Gasteiger charge is -2.29. The third-order valence-electron chi connectivity index (χ3n) is 6.87. The van der Waals surface area contributed by atoms with E-state index >= 15 is 0 Å². The highest BCUT2D eigenvalue weighted by molar-refractivity contribution is 5.77. The topological polar surface area (TPSA) is 113 Å². The Morgan fingerprint density at radius 1 is 1.10 bits per heavy atom. The molecule has 6 rings (SSSR count). The number of benzene rings is 2. The molecule has 0 unspecified atom stereocenters. The molecule has 40 heavy (non-hydrogen) atoms. The van der Waals surface area contributed by atoms with E-state index in [0.29, 0.717) is 23.1 Å². The number of carbonyl (C=O) groups is 1. The second-order valence-electron chi connectivity index (χ2n) is 9.48. The zero-order valence-electron chi connectivity index (χ0n) is 21.6. The summed E-state index contributed by atoms with van der Waals surface area (Å²) in [5, 5.41) is 13.1. The molecule has 0 atom stereocenters. The third-order valence-corrected chi connectivity index (χ3v) is 6.87. The zero-order valence-corrected chi connectivity index (χ0v) is 21.6. The summed E-state index contributed by atoms with van der Waals surface area (Å²) in [6.07, 6.45) is 5.64. The Kier molecular flexibility index (Phi) is 7.61. The average Bonchev–Trinajstić information content (AvgIpc) is 3.58. The number of hydrogen-bond acceptors (Lipinski definition) is 6. The number of aromatic nitrogens is 5. The van der Waals surface area contributed by atoms with Crippen LogP contribution in [0, 0.1) is 23.0 Å². The Morgan fingerprint density at radius 3 is 2.50 bits per heavy atom. The number of pyridine rings is 1. The van der Waals surface area contributed by atoms with Crippen LogP contribution in [0.15, 0.2) is 71.8 Å². The number of halogens is 2. The number of aromatic amines is 1. The first kappa shape index (κ1) is 26.6. The second kappa shape index (κ2) is 11.4. The first-order valence-electron chi connectivity index (χ1n) is 12.6. The third kappa shape index (κ3) is 5.30. The standard InChI is InChI=1S/C16H10N4O.C13H15F2N3O/c17-9-12-3-5-15(6-4-12)20-16(8-14(11-21)19-20)13-2-1-7-18-10-13;1-17-6-4-8(5-7-17)18-12-10(16-13(18)19)3-2-9(14)11(12)15/h1-8,10-11H;2-3,8H,4-7H2,1H3,(H,16,19). The van der Waals surface area contributed by atoms with E-state index in [1.54, 1.807) is 47.4 Å². The van der Waals surface area contributed by atoms with Crippen LogP contribution in [0.1, 0.15) is 34.9 Å². The van der Waals surface area contributed by atoms with Gasteiger partial charge in [-0.1, -0.05) is 0 Å². The van der Waals surface area contributed by atoms with E-state index in [-0.39, 0.29) is 17.2 Å². The van der Waals surface area contributed by atoms with Crippen molar-refractivity contribution >= 4 is 17.3 Å². The SMILES string of the molecule is CN1CCC(n2c(=O)[nH]c3ccc(F)c(F)c32)CC1.N#Cc1ccc(-n2nc(C=O)cc2-c2cccnc2)cc1. The van der Waals surface area contributed by atoms with Gasteiger partial charge in [-0.3, -0.25) is 14.3 Å². The molecule has 2 aromatic carbocycles. The maximum atomic E-state index is 13.9. The van der Waals surface area contributed by atoms with Crippen molar-refractivity contribution in [2.24, 2.45) is 0 Å². The highest BCUT2D eigenvalue weighted by Crippen LogP contribution is 2.27. The van der Waals surface area contributed by atoms with Crippen LogP contribution in [-0.2, 0) is 0 Å². The monoisotopic (exact) mass is 541 g/mol. The van der Waals surface area contributed by atoms with Crippen molar-refractivity contribution in [1.29, 1.82) is 5.26 Å². The number of piperidine rings is 1. The van der Waals surface area contributed by atoms with Crippen LogP contribution in [0.3, 0.4) is 0 Å². The first-order chi connectivity index (χ1) is 19.4. The molecule has 0 radical (unpaired) electrons. The summed E-state index contributed by atoms with van der Waals surface area (Å²) >= 11 is 0. The van der Waals surface area contributed by atoms with Crippen LogP contribution in [0.2, 0.25) is 0 Å². The van der Waals surface area contributed by atoms with Gasteiger partial charge in [0, 0.05) is 24.0 Å². The molecule has 0 aliphatic carbocycles. The van der Waals surface area contributed by atoms with Gasteiger partial charge < -0.3 is 9.88 Å². The minimum Gasteiger partial charge on any atom is -0.306 e.